The molecule has 0 aliphatic carbocycles. The predicted octanol–water partition coefficient (Wildman–Crippen LogP) is 1.59. The minimum Gasteiger partial charge on any atom is -0.378 e. The van der Waals surface area contributed by atoms with Gasteiger partial charge in [-0.3, -0.25) is 10.1 Å². The van der Waals surface area contributed by atoms with E-state index in [2.05, 4.69) is 0 Å². The number of hydrogen-bond acceptors (Lipinski definition) is 4. The van der Waals surface area contributed by atoms with E-state index >= 15 is 0 Å². The summed E-state index contributed by atoms with van der Waals surface area (Å²) in [5.74, 6) is 0. The minimum atomic E-state index is -0.342. The molecule has 0 spiro atoms. The Labute approximate surface area is 99.5 Å². The molecule has 5 nitrogen and oxygen atoms in total. The van der Waals surface area contributed by atoms with E-state index in [4.69, 9.17) is 4.74 Å². The van der Waals surface area contributed by atoms with E-state index in [0.29, 0.717) is 31.9 Å². The van der Waals surface area contributed by atoms with E-state index in [9.17, 15) is 10.1 Å². The van der Waals surface area contributed by atoms with Gasteiger partial charge in [-0.25, -0.2) is 0 Å². The first-order valence-corrected chi connectivity index (χ1v) is 5.51. The summed E-state index contributed by atoms with van der Waals surface area (Å²) < 4.78 is 5.21. The van der Waals surface area contributed by atoms with Crippen molar-refractivity contribution in [3.63, 3.8) is 0 Å². The quantitative estimate of drug-likeness (QED) is 0.588. The standard InChI is InChI=1S/C12H14N2O3/c15-14(16)12(11-4-2-1-3-5-11)10-13-6-8-17-9-7-13/h1-5,10H,6-9H2/b12-10+. The van der Waals surface area contributed by atoms with E-state index in [1.165, 1.54) is 0 Å². The molecule has 0 saturated carbocycles. The molecule has 2 rings (SSSR count). The molecule has 0 N–H and O–H groups in total. The van der Waals surface area contributed by atoms with Gasteiger partial charge in [0.2, 0.25) is 0 Å². The topological polar surface area (TPSA) is 55.6 Å². The molecule has 1 fully saturated rings. The summed E-state index contributed by atoms with van der Waals surface area (Å²) in [5.41, 5.74) is 0.761. The maximum atomic E-state index is 11.1. The Morgan fingerprint density at radius 1 is 1.29 bits per heavy atom. The second-order valence-corrected chi connectivity index (χ2v) is 3.79. The summed E-state index contributed by atoms with van der Waals surface area (Å²) in [5, 5.41) is 11.1. The maximum absolute atomic E-state index is 11.1. The van der Waals surface area contributed by atoms with Gasteiger partial charge in [-0.05, 0) is 12.1 Å². The zero-order chi connectivity index (χ0) is 12.1. The second kappa shape index (κ2) is 5.45. The molecule has 0 unspecified atom stereocenters. The van der Waals surface area contributed by atoms with Crippen LogP contribution < -0.4 is 0 Å². The van der Waals surface area contributed by atoms with Gasteiger partial charge in [-0.2, -0.15) is 0 Å². The first-order chi connectivity index (χ1) is 8.27. The van der Waals surface area contributed by atoms with Crippen molar-refractivity contribution in [1.82, 2.24) is 4.90 Å². The van der Waals surface area contributed by atoms with Gasteiger partial charge >= 0.3 is 0 Å². The number of hydrogen-bond donors (Lipinski definition) is 0. The highest BCUT2D eigenvalue weighted by Crippen LogP contribution is 2.16. The largest absolute Gasteiger partial charge is 0.378 e. The van der Waals surface area contributed by atoms with E-state index < -0.39 is 0 Å². The average molecular weight is 234 g/mol. The van der Waals surface area contributed by atoms with Crippen LogP contribution in [0, 0.1) is 10.1 Å². The summed E-state index contributed by atoms with van der Waals surface area (Å²) >= 11 is 0. The Hall–Kier alpha value is -1.88. The van der Waals surface area contributed by atoms with Crippen molar-refractivity contribution < 1.29 is 9.66 Å². The molecule has 17 heavy (non-hydrogen) atoms. The van der Waals surface area contributed by atoms with Crippen molar-refractivity contribution in [3.8, 4) is 0 Å². The summed E-state index contributed by atoms with van der Waals surface area (Å²) in [7, 11) is 0. The van der Waals surface area contributed by atoms with E-state index in [1.54, 1.807) is 30.5 Å². The number of nitrogens with zero attached hydrogens (tertiary/aromatic N) is 2. The van der Waals surface area contributed by atoms with Gasteiger partial charge in [0.25, 0.3) is 5.70 Å². The van der Waals surface area contributed by atoms with Crippen LogP contribution in [0.2, 0.25) is 0 Å². The Kier molecular flexibility index (Phi) is 3.72. The second-order valence-electron chi connectivity index (χ2n) is 3.79. The van der Waals surface area contributed by atoms with Crippen LogP contribution in [-0.4, -0.2) is 36.1 Å². The lowest BCUT2D eigenvalue weighted by molar-refractivity contribution is -0.376. The van der Waals surface area contributed by atoms with Crippen molar-refractivity contribution in [2.45, 2.75) is 0 Å². The fourth-order valence-electron chi connectivity index (χ4n) is 1.72. The van der Waals surface area contributed by atoms with Crippen LogP contribution in [0.15, 0.2) is 36.5 Å². The fraction of sp³-hybridized carbons (Fsp3) is 0.333. The lowest BCUT2D eigenvalue weighted by Gasteiger charge is -2.24. The van der Waals surface area contributed by atoms with Gasteiger partial charge in [-0.1, -0.05) is 18.2 Å². The molecule has 0 bridgehead atoms. The molecular weight excluding hydrogens is 220 g/mol. The van der Waals surface area contributed by atoms with E-state index in [-0.39, 0.29) is 10.6 Å². The Morgan fingerprint density at radius 2 is 1.94 bits per heavy atom. The Balaban J connectivity index is 2.22. The molecule has 90 valence electrons. The Bertz CT molecular complexity index is 411. The third kappa shape index (κ3) is 3.04. The third-order valence-corrected chi connectivity index (χ3v) is 2.62. The molecule has 5 heteroatoms. The van der Waals surface area contributed by atoms with Crippen LogP contribution >= 0.6 is 0 Å². The van der Waals surface area contributed by atoms with Crippen molar-refractivity contribution in [2.75, 3.05) is 26.3 Å². The molecule has 1 saturated heterocycles. The molecule has 0 aromatic heterocycles. The number of morpholine rings is 1. The van der Waals surface area contributed by atoms with Crippen molar-refractivity contribution in [3.05, 3.63) is 52.2 Å². The average Bonchev–Trinajstić information content (AvgIpc) is 2.38. The highest BCUT2D eigenvalue weighted by atomic mass is 16.6. The predicted molar refractivity (Wildman–Crippen MR) is 63.8 cm³/mol. The van der Waals surface area contributed by atoms with Gasteiger partial charge in [0.05, 0.1) is 29.9 Å². The minimum absolute atomic E-state index is 0.132. The van der Waals surface area contributed by atoms with Gasteiger partial charge in [0.1, 0.15) is 0 Å². The van der Waals surface area contributed by atoms with E-state index in [0.717, 1.165) is 0 Å². The smallest absolute Gasteiger partial charge is 0.292 e. The number of rotatable bonds is 3. The summed E-state index contributed by atoms with van der Waals surface area (Å²) in [6.45, 7) is 2.64. The fourth-order valence-corrected chi connectivity index (χ4v) is 1.72. The summed E-state index contributed by atoms with van der Waals surface area (Å²) in [6.07, 6.45) is 1.61. The van der Waals surface area contributed by atoms with Crippen LogP contribution in [0.5, 0.6) is 0 Å². The van der Waals surface area contributed by atoms with Crippen LogP contribution in [-0.2, 0) is 4.74 Å². The third-order valence-electron chi connectivity index (χ3n) is 2.62. The molecule has 0 radical (unpaired) electrons. The molecule has 1 aromatic rings. The molecule has 1 aliphatic rings. The Morgan fingerprint density at radius 3 is 2.53 bits per heavy atom. The first kappa shape index (κ1) is 11.6. The zero-order valence-electron chi connectivity index (χ0n) is 9.41. The van der Waals surface area contributed by atoms with Crippen LogP contribution in [0.3, 0.4) is 0 Å². The summed E-state index contributed by atoms with van der Waals surface area (Å²) in [6, 6.07) is 8.93. The van der Waals surface area contributed by atoms with Gasteiger partial charge < -0.3 is 9.64 Å². The zero-order valence-corrected chi connectivity index (χ0v) is 9.41. The number of benzene rings is 1. The van der Waals surface area contributed by atoms with E-state index in [1.807, 2.05) is 11.0 Å². The van der Waals surface area contributed by atoms with Gasteiger partial charge in [-0.15, -0.1) is 0 Å². The number of nitro groups is 1. The lowest BCUT2D eigenvalue weighted by Crippen LogP contribution is -2.32. The normalized spacial score (nSPS) is 16.9. The van der Waals surface area contributed by atoms with Gasteiger partial charge in [0, 0.05) is 13.1 Å². The van der Waals surface area contributed by atoms with Crippen molar-refractivity contribution >= 4 is 5.70 Å². The summed E-state index contributed by atoms with van der Waals surface area (Å²) in [4.78, 5) is 12.6. The highest BCUT2D eigenvalue weighted by molar-refractivity contribution is 5.57. The van der Waals surface area contributed by atoms with Crippen LogP contribution in [0.25, 0.3) is 5.70 Å². The molecule has 1 aromatic carbocycles. The molecule has 1 heterocycles. The SMILES string of the molecule is O=[N+]([O-])/C(=C/N1CCOCC1)c1ccccc1. The number of ether oxygens (including phenoxy) is 1. The van der Waals surface area contributed by atoms with Crippen molar-refractivity contribution in [2.24, 2.45) is 0 Å². The lowest BCUT2D eigenvalue weighted by atomic mass is 10.2. The van der Waals surface area contributed by atoms with Crippen LogP contribution in [0.1, 0.15) is 5.56 Å². The maximum Gasteiger partial charge on any atom is 0.292 e. The first-order valence-electron chi connectivity index (χ1n) is 5.51. The van der Waals surface area contributed by atoms with Crippen molar-refractivity contribution in [1.29, 1.82) is 0 Å². The van der Waals surface area contributed by atoms with Crippen LogP contribution in [0.4, 0.5) is 0 Å². The van der Waals surface area contributed by atoms with Gasteiger partial charge in [0.15, 0.2) is 0 Å². The molecular formula is C12H14N2O3. The monoisotopic (exact) mass is 234 g/mol. The molecule has 1 aliphatic heterocycles. The highest BCUT2D eigenvalue weighted by Gasteiger charge is 2.17. The molecule has 0 amide bonds. The molecule has 0 atom stereocenters.